The highest BCUT2D eigenvalue weighted by Crippen LogP contribution is 2.18. The van der Waals surface area contributed by atoms with Crippen LogP contribution >= 0.6 is 0 Å². The number of halogens is 1. The normalized spacial score (nSPS) is 18.9. The molecule has 2 unspecified atom stereocenters. The van der Waals surface area contributed by atoms with Crippen LogP contribution in [0.4, 0.5) is 4.39 Å². The molecule has 0 aliphatic heterocycles. The minimum atomic E-state index is -1.35. The monoisotopic (exact) mass is 257 g/mol. The van der Waals surface area contributed by atoms with Crippen LogP contribution in [0.25, 0.3) is 0 Å². The molecule has 1 aromatic carbocycles. The van der Waals surface area contributed by atoms with Crippen LogP contribution in [0.2, 0.25) is 0 Å². The Hall–Kier alpha value is -0.780. The average Bonchev–Trinajstić information content (AvgIpc) is 3.10. The van der Waals surface area contributed by atoms with Crippen molar-refractivity contribution in [1.29, 1.82) is 0 Å². The summed E-state index contributed by atoms with van der Waals surface area (Å²) in [5.41, 5.74) is 0. The Morgan fingerprint density at radius 2 is 2.29 bits per heavy atom. The van der Waals surface area contributed by atoms with Gasteiger partial charge in [0.1, 0.15) is 5.82 Å². The van der Waals surface area contributed by atoms with E-state index in [4.69, 9.17) is 0 Å². The first kappa shape index (κ1) is 12.7. The Morgan fingerprint density at radius 3 is 2.94 bits per heavy atom. The van der Waals surface area contributed by atoms with E-state index in [0.717, 1.165) is 12.8 Å². The van der Waals surface area contributed by atoms with Crippen molar-refractivity contribution in [2.45, 2.75) is 29.9 Å². The van der Waals surface area contributed by atoms with Gasteiger partial charge in [0.05, 0.1) is 22.7 Å². The third-order valence-electron chi connectivity index (χ3n) is 2.62. The van der Waals surface area contributed by atoms with Crippen molar-refractivity contribution in [2.75, 3.05) is 12.3 Å². The summed E-state index contributed by atoms with van der Waals surface area (Å²) in [5.74, 6) is -0.259. The number of rotatable bonds is 6. The molecule has 0 spiro atoms. The summed E-state index contributed by atoms with van der Waals surface area (Å²) in [6.45, 7) is 0.450. The molecule has 0 amide bonds. The zero-order valence-corrected chi connectivity index (χ0v) is 10.3. The predicted octanol–water partition coefficient (Wildman–Crippen LogP) is 1.05. The smallest absolute Gasteiger partial charge is 0.124 e. The van der Waals surface area contributed by atoms with E-state index in [1.807, 2.05) is 0 Å². The Labute approximate surface area is 102 Å². The number of hydrogen-bond acceptors (Lipinski definition) is 3. The SMILES string of the molecule is O=S(CC(O)CNC1CC1)c1cccc(F)c1. The van der Waals surface area contributed by atoms with Crippen LogP contribution in [0.3, 0.4) is 0 Å². The molecule has 5 heteroatoms. The summed E-state index contributed by atoms with van der Waals surface area (Å²) in [5, 5.41) is 12.8. The molecule has 2 N–H and O–H groups in total. The third-order valence-corrected chi connectivity index (χ3v) is 4.09. The molecule has 94 valence electrons. The molecule has 2 rings (SSSR count). The molecular weight excluding hydrogens is 241 g/mol. The van der Waals surface area contributed by atoms with E-state index in [1.54, 1.807) is 6.07 Å². The van der Waals surface area contributed by atoms with E-state index in [1.165, 1.54) is 18.2 Å². The van der Waals surface area contributed by atoms with E-state index >= 15 is 0 Å². The van der Waals surface area contributed by atoms with E-state index in [2.05, 4.69) is 5.32 Å². The first-order chi connectivity index (χ1) is 8.15. The van der Waals surface area contributed by atoms with Gasteiger partial charge in [-0.25, -0.2) is 4.39 Å². The van der Waals surface area contributed by atoms with Crippen molar-refractivity contribution in [3.63, 3.8) is 0 Å². The molecule has 0 saturated heterocycles. The van der Waals surface area contributed by atoms with E-state index in [-0.39, 0.29) is 5.75 Å². The molecule has 2 atom stereocenters. The average molecular weight is 257 g/mol. The van der Waals surface area contributed by atoms with Crippen molar-refractivity contribution >= 4 is 10.8 Å². The lowest BCUT2D eigenvalue weighted by Gasteiger charge is -2.11. The first-order valence-electron chi connectivity index (χ1n) is 5.70. The number of benzene rings is 1. The number of nitrogens with one attached hydrogen (secondary N) is 1. The van der Waals surface area contributed by atoms with Gasteiger partial charge >= 0.3 is 0 Å². The fraction of sp³-hybridized carbons (Fsp3) is 0.500. The Bertz CT molecular complexity index is 409. The van der Waals surface area contributed by atoms with Gasteiger partial charge in [-0.3, -0.25) is 4.21 Å². The fourth-order valence-electron chi connectivity index (χ4n) is 1.53. The highest BCUT2D eigenvalue weighted by atomic mass is 32.2. The van der Waals surface area contributed by atoms with E-state index in [9.17, 15) is 13.7 Å². The predicted molar refractivity (Wildman–Crippen MR) is 64.7 cm³/mol. The van der Waals surface area contributed by atoms with Crippen LogP contribution in [-0.2, 0) is 10.8 Å². The lowest BCUT2D eigenvalue weighted by molar-refractivity contribution is 0.194. The van der Waals surface area contributed by atoms with Crippen molar-refractivity contribution in [3.8, 4) is 0 Å². The van der Waals surface area contributed by atoms with Gasteiger partial charge in [0.15, 0.2) is 0 Å². The molecule has 0 heterocycles. The van der Waals surface area contributed by atoms with E-state index in [0.29, 0.717) is 17.5 Å². The molecule has 0 aromatic heterocycles. The largest absolute Gasteiger partial charge is 0.391 e. The van der Waals surface area contributed by atoms with Gasteiger partial charge in [-0.1, -0.05) is 6.07 Å². The Balaban J connectivity index is 1.82. The molecule has 0 radical (unpaired) electrons. The molecule has 1 aliphatic carbocycles. The summed E-state index contributed by atoms with van der Waals surface area (Å²) in [6, 6.07) is 6.22. The maximum Gasteiger partial charge on any atom is 0.124 e. The molecule has 1 saturated carbocycles. The minimum Gasteiger partial charge on any atom is -0.391 e. The van der Waals surface area contributed by atoms with Crippen molar-refractivity contribution in [1.82, 2.24) is 5.32 Å². The standard InChI is InChI=1S/C12H16FNO2S/c13-9-2-1-3-12(6-9)17(16)8-11(15)7-14-10-4-5-10/h1-3,6,10-11,14-15H,4-5,7-8H2. The van der Waals surface area contributed by atoms with Gasteiger partial charge in [-0.15, -0.1) is 0 Å². The Morgan fingerprint density at radius 1 is 1.53 bits per heavy atom. The lowest BCUT2D eigenvalue weighted by atomic mass is 10.3. The number of hydrogen-bond donors (Lipinski definition) is 2. The van der Waals surface area contributed by atoms with Crippen LogP contribution in [0, 0.1) is 5.82 Å². The molecule has 1 aromatic rings. The Kier molecular flexibility index (Phi) is 4.25. The highest BCUT2D eigenvalue weighted by molar-refractivity contribution is 7.85. The molecule has 3 nitrogen and oxygen atoms in total. The fourth-order valence-corrected chi connectivity index (χ4v) is 2.66. The van der Waals surface area contributed by atoms with Crippen LogP contribution < -0.4 is 5.32 Å². The van der Waals surface area contributed by atoms with Gasteiger partial charge in [0.2, 0.25) is 0 Å². The topological polar surface area (TPSA) is 49.3 Å². The van der Waals surface area contributed by atoms with Crippen LogP contribution in [0.5, 0.6) is 0 Å². The number of aliphatic hydroxyl groups excluding tert-OH is 1. The zero-order valence-electron chi connectivity index (χ0n) is 9.43. The third kappa shape index (κ3) is 4.18. The maximum absolute atomic E-state index is 12.9. The molecule has 17 heavy (non-hydrogen) atoms. The first-order valence-corrected chi connectivity index (χ1v) is 7.02. The van der Waals surface area contributed by atoms with E-state index < -0.39 is 22.7 Å². The van der Waals surface area contributed by atoms with Crippen molar-refractivity contribution in [3.05, 3.63) is 30.1 Å². The second-order valence-corrected chi connectivity index (χ2v) is 5.80. The number of aliphatic hydroxyl groups is 1. The maximum atomic E-state index is 12.9. The molecular formula is C12H16FNO2S. The lowest BCUT2D eigenvalue weighted by Crippen LogP contribution is -2.32. The molecule has 1 fully saturated rings. The summed E-state index contributed by atoms with van der Waals surface area (Å²) in [6.07, 6.45) is 1.65. The summed E-state index contributed by atoms with van der Waals surface area (Å²) in [7, 11) is -1.35. The van der Waals surface area contributed by atoms with Crippen molar-refractivity contribution in [2.24, 2.45) is 0 Å². The summed E-state index contributed by atoms with van der Waals surface area (Å²) >= 11 is 0. The van der Waals surface area contributed by atoms with Crippen LogP contribution in [0.15, 0.2) is 29.2 Å². The van der Waals surface area contributed by atoms with Gasteiger partial charge in [0.25, 0.3) is 0 Å². The molecule has 0 bridgehead atoms. The summed E-state index contributed by atoms with van der Waals surface area (Å²) < 4.78 is 24.7. The van der Waals surface area contributed by atoms with Crippen LogP contribution in [-0.4, -0.2) is 33.8 Å². The minimum absolute atomic E-state index is 0.142. The van der Waals surface area contributed by atoms with Gasteiger partial charge in [-0.2, -0.15) is 0 Å². The zero-order chi connectivity index (χ0) is 12.3. The summed E-state index contributed by atoms with van der Waals surface area (Å²) in [4.78, 5) is 0.426. The quantitative estimate of drug-likeness (QED) is 0.801. The van der Waals surface area contributed by atoms with Crippen molar-refractivity contribution < 1.29 is 13.7 Å². The van der Waals surface area contributed by atoms with Crippen LogP contribution in [0.1, 0.15) is 12.8 Å². The van der Waals surface area contributed by atoms with Gasteiger partial charge in [0, 0.05) is 17.5 Å². The second kappa shape index (κ2) is 5.71. The molecule has 1 aliphatic rings. The van der Waals surface area contributed by atoms with Gasteiger partial charge < -0.3 is 10.4 Å². The second-order valence-electron chi connectivity index (χ2n) is 4.31. The highest BCUT2D eigenvalue weighted by Gasteiger charge is 2.22. The van der Waals surface area contributed by atoms with Gasteiger partial charge in [-0.05, 0) is 31.0 Å².